The molecule has 0 aliphatic carbocycles. The van der Waals surface area contributed by atoms with Crippen LogP contribution in [0.15, 0.2) is 90.0 Å². The second-order valence-electron chi connectivity index (χ2n) is 6.78. The molecule has 0 unspecified atom stereocenters. The molecule has 2 aromatic heterocycles. The van der Waals surface area contributed by atoms with Crippen molar-refractivity contribution in [3.63, 3.8) is 0 Å². The molecule has 0 aliphatic rings. The van der Waals surface area contributed by atoms with Gasteiger partial charge in [0.15, 0.2) is 0 Å². The largest absolute Gasteiger partial charge is 0.425 e. The molecular weight excluding hydrogens is 390 g/mol. The summed E-state index contributed by atoms with van der Waals surface area (Å²) >= 11 is 0. The van der Waals surface area contributed by atoms with Crippen molar-refractivity contribution in [2.24, 2.45) is 0 Å². The fourth-order valence-corrected chi connectivity index (χ4v) is 3.29. The number of benzene rings is 2. The number of esters is 1. The number of hydrogen-bond acceptors (Lipinski definition) is 5. The van der Waals surface area contributed by atoms with E-state index in [-0.39, 0.29) is 5.56 Å². The summed E-state index contributed by atoms with van der Waals surface area (Å²) in [5.74, 6) is -0.0924. The van der Waals surface area contributed by atoms with Crippen LogP contribution >= 0.6 is 0 Å². The lowest BCUT2D eigenvalue weighted by Gasteiger charge is -2.13. The highest BCUT2D eigenvalue weighted by Crippen LogP contribution is 2.27. The summed E-state index contributed by atoms with van der Waals surface area (Å²) in [7, 11) is 0. The predicted octanol–water partition coefficient (Wildman–Crippen LogP) is 4.36. The van der Waals surface area contributed by atoms with E-state index in [1.807, 2.05) is 30.3 Å². The zero-order valence-corrected chi connectivity index (χ0v) is 16.6. The molecule has 4 rings (SSSR count). The van der Waals surface area contributed by atoms with Gasteiger partial charge in [-0.25, -0.2) is 0 Å². The van der Waals surface area contributed by atoms with Crippen molar-refractivity contribution in [1.82, 2.24) is 9.55 Å². The summed E-state index contributed by atoms with van der Waals surface area (Å²) in [5, 5.41) is 9.53. The standard InChI is InChI=1S/C25H17N3O3/c1-17(29)31-21-11-12-24(27-15-21)19-13-23(22-10-6-5-7-18(22)14-26)25(30)28(16-19)20-8-3-2-4-9-20/h2-13,15-16H,1H3. The Hall–Kier alpha value is -4.50. The molecule has 4 aromatic rings. The van der Waals surface area contributed by atoms with E-state index in [9.17, 15) is 14.9 Å². The van der Waals surface area contributed by atoms with Gasteiger partial charge in [-0.1, -0.05) is 36.4 Å². The van der Waals surface area contributed by atoms with Crippen LogP contribution < -0.4 is 10.3 Å². The van der Waals surface area contributed by atoms with E-state index in [0.717, 1.165) is 0 Å². The molecule has 2 heterocycles. The second-order valence-corrected chi connectivity index (χ2v) is 6.78. The highest BCUT2D eigenvalue weighted by atomic mass is 16.5. The summed E-state index contributed by atoms with van der Waals surface area (Å²) in [6, 6.07) is 23.5. The SMILES string of the molecule is CC(=O)Oc1ccc(-c2cc(-c3ccccc3C#N)c(=O)n(-c3ccccc3)c2)nc1. The third-order valence-electron chi connectivity index (χ3n) is 4.68. The van der Waals surface area contributed by atoms with Crippen LogP contribution in [0.4, 0.5) is 0 Å². The van der Waals surface area contributed by atoms with Gasteiger partial charge >= 0.3 is 5.97 Å². The number of ether oxygens (including phenoxy) is 1. The molecule has 150 valence electrons. The van der Waals surface area contributed by atoms with Crippen LogP contribution in [0.3, 0.4) is 0 Å². The molecule has 0 radical (unpaired) electrons. The molecule has 0 fully saturated rings. The average Bonchev–Trinajstić information content (AvgIpc) is 2.80. The van der Waals surface area contributed by atoms with Crippen molar-refractivity contribution in [2.75, 3.05) is 0 Å². The van der Waals surface area contributed by atoms with Crippen molar-refractivity contribution in [3.8, 4) is 39.9 Å². The quantitative estimate of drug-likeness (QED) is 0.469. The number of nitriles is 1. The number of hydrogen-bond donors (Lipinski definition) is 0. The van der Waals surface area contributed by atoms with Gasteiger partial charge in [0.05, 0.1) is 23.5 Å². The highest BCUT2D eigenvalue weighted by molar-refractivity contribution is 5.75. The Morgan fingerprint density at radius 2 is 1.74 bits per heavy atom. The summed E-state index contributed by atoms with van der Waals surface area (Å²) in [6.07, 6.45) is 3.17. The van der Waals surface area contributed by atoms with Gasteiger partial charge in [-0.3, -0.25) is 19.1 Å². The molecule has 0 spiro atoms. The minimum atomic E-state index is -0.428. The lowest BCUT2D eigenvalue weighted by Crippen LogP contribution is -2.20. The van der Waals surface area contributed by atoms with E-state index in [2.05, 4.69) is 11.1 Å². The van der Waals surface area contributed by atoms with Crippen molar-refractivity contribution in [2.45, 2.75) is 6.92 Å². The van der Waals surface area contributed by atoms with Gasteiger partial charge in [-0.2, -0.15) is 5.26 Å². The Labute approximate surface area is 178 Å². The lowest BCUT2D eigenvalue weighted by atomic mass is 9.99. The first kappa shape index (κ1) is 19.8. The number of rotatable bonds is 4. The molecule has 0 amide bonds. The number of carbonyl (C=O) groups is 1. The monoisotopic (exact) mass is 407 g/mol. The Balaban J connectivity index is 1.93. The first-order chi connectivity index (χ1) is 15.1. The molecular formula is C25H17N3O3. The van der Waals surface area contributed by atoms with E-state index >= 15 is 0 Å². The summed E-state index contributed by atoms with van der Waals surface area (Å²) in [4.78, 5) is 28.9. The van der Waals surface area contributed by atoms with Gasteiger partial charge in [0.2, 0.25) is 0 Å². The third-order valence-corrected chi connectivity index (χ3v) is 4.68. The summed E-state index contributed by atoms with van der Waals surface area (Å²) < 4.78 is 6.59. The topological polar surface area (TPSA) is 85.0 Å². The van der Waals surface area contributed by atoms with E-state index in [1.165, 1.54) is 13.1 Å². The molecule has 0 bridgehead atoms. The molecule has 6 nitrogen and oxygen atoms in total. The molecule has 0 atom stereocenters. The molecule has 31 heavy (non-hydrogen) atoms. The third kappa shape index (κ3) is 4.11. The number of pyridine rings is 2. The summed E-state index contributed by atoms with van der Waals surface area (Å²) in [6.45, 7) is 1.32. The van der Waals surface area contributed by atoms with Crippen LogP contribution in [-0.4, -0.2) is 15.5 Å². The van der Waals surface area contributed by atoms with E-state index < -0.39 is 5.97 Å². The van der Waals surface area contributed by atoms with Gasteiger partial charge < -0.3 is 4.74 Å². The maximum atomic E-state index is 13.4. The minimum absolute atomic E-state index is 0.241. The normalized spacial score (nSPS) is 10.3. The first-order valence-electron chi connectivity index (χ1n) is 9.53. The molecule has 2 aromatic carbocycles. The maximum absolute atomic E-state index is 13.4. The number of nitrogens with zero attached hydrogens (tertiary/aromatic N) is 3. The van der Waals surface area contributed by atoms with Crippen LogP contribution in [0.2, 0.25) is 0 Å². The van der Waals surface area contributed by atoms with Crippen molar-refractivity contribution in [3.05, 3.63) is 101 Å². The minimum Gasteiger partial charge on any atom is -0.425 e. The van der Waals surface area contributed by atoms with Crippen molar-refractivity contribution < 1.29 is 9.53 Å². The summed E-state index contributed by atoms with van der Waals surface area (Å²) in [5.41, 5.74) is 3.09. The Bertz CT molecular complexity index is 1350. The average molecular weight is 407 g/mol. The van der Waals surface area contributed by atoms with Crippen molar-refractivity contribution in [1.29, 1.82) is 5.26 Å². The van der Waals surface area contributed by atoms with Gasteiger partial charge in [-0.05, 0) is 36.4 Å². The maximum Gasteiger partial charge on any atom is 0.308 e. The van der Waals surface area contributed by atoms with Crippen LogP contribution in [0.25, 0.3) is 28.1 Å². The Kier molecular flexibility index (Phi) is 5.41. The van der Waals surface area contributed by atoms with Crippen LogP contribution in [-0.2, 0) is 4.79 Å². The van der Waals surface area contributed by atoms with E-state index in [1.54, 1.807) is 53.2 Å². The van der Waals surface area contributed by atoms with Crippen LogP contribution in [0, 0.1) is 11.3 Å². The molecule has 0 aliphatic heterocycles. The number of para-hydroxylation sites is 1. The second kappa shape index (κ2) is 8.47. The lowest BCUT2D eigenvalue weighted by molar-refractivity contribution is -0.131. The molecule has 0 saturated carbocycles. The molecule has 0 saturated heterocycles. The smallest absolute Gasteiger partial charge is 0.308 e. The Morgan fingerprint density at radius 3 is 2.42 bits per heavy atom. The predicted molar refractivity (Wildman–Crippen MR) is 117 cm³/mol. The van der Waals surface area contributed by atoms with Crippen molar-refractivity contribution >= 4 is 5.97 Å². The van der Waals surface area contributed by atoms with Gasteiger partial charge in [0, 0.05) is 35.5 Å². The zero-order valence-electron chi connectivity index (χ0n) is 16.6. The van der Waals surface area contributed by atoms with Crippen LogP contribution in [0.5, 0.6) is 5.75 Å². The van der Waals surface area contributed by atoms with Gasteiger partial charge in [0.1, 0.15) is 5.75 Å². The van der Waals surface area contributed by atoms with Gasteiger partial charge in [-0.15, -0.1) is 0 Å². The Morgan fingerprint density at radius 1 is 1.00 bits per heavy atom. The number of carbonyl (C=O) groups excluding carboxylic acids is 1. The molecule has 0 N–H and O–H groups in total. The number of aromatic nitrogens is 2. The van der Waals surface area contributed by atoms with Crippen LogP contribution in [0.1, 0.15) is 12.5 Å². The fraction of sp³-hybridized carbons (Fsp3) is 0.0400. The first-order valence-corrected chi connectivity index (χ1v) is 9.53. The fourth-order valence-electron chi connectivity index (χ4n) is 3.29. The zero-order chi connectivity index (χ0) is 21.8. The van der Waals surface area contributed by atoms with E-state index in [4.69, 9.17) is 4.74 Å². The van der Waals surface area contributed by atoms with E-state index in [0.29, 0.717) is 39.4 Å². The highest BCUT2D eigenvalue weighted by Gasteiger charge is 2.15. The molecule has 6 heteroatoms. The van der Waals surface area contributed by atoms with Gasteiger partial charge in [0.25, 0.3) is 5.56 Å².